The summed E-state index contributed by atoms with van der Waals surface area (Å²) in [6, 6.07) is 3.46. The molecule has 0 spiro atoms. The molecule has 4 amide bonds. The molecule has 42 heavy (non-hydrogen) atoms. The predicted molar refractivity (Wildman–Crippen MR) is 150 cm³/mol. The largest absolute Gasteiger partial charge is 0.483 e. The van der Waals surface area contributed by atoms with Crippen molar-refractivity contribution in [2.24, 2.45) is 0 Å². The third-order valence-electron chi connectivity index (χ3n) is 5.78. The second-order valence-electron chi connectivity index (χ2n) is 8.70. The van der Waals surface area contributed by atoms with E-state index in [-0.39, 0.29) is 50.3 Å². The van der Waals surface area contributed by atoms with Crippen LogP contribution in [-0.2, 0) is 42.9 Å². The molecule has 0 bridgehead atoms. The van der Waals surface area contributed by atoms with E-state index in [1.54, 1.807) is 20.1 Å². The van der Waals surface area contributed by atoms with Crippen molar-refractivity contribution in [3.8, 4) is 5.75 Å². The lowest BCUT2D eigenvalue weighted by Gasteiger charge is -2.25. The fourth-order valence-electron chi connectivity index (χ4n) is 3.55. The highest BCUT2D eigenvalue weighted by molar-refractivity contribution is 6.04. The van der Waals surface area contributed by atoms with E-state index in [1.165, 1.54) is 19.2 Å². The van der Waals surface area contributed by atoms with Gasteiger partial charge < -0.3 is 43.8 Å². The molecule has 0 fully saturated rings. The maximum absolute atomic E-state index is 13.1. The van der Waals surface area contributed by atoms with E-state index in [9.17, 15) is 24.0 Å². The van der Waals surface area contributed by atoms with Crippen LogP contribution in [-0.4, -0.2) is 128 Å². The SMILES string of the molecule is CNC(=O)C(CCC=O)N(C=O)C(=O)c1cccc(OCC(=O)NCCOCCOCCOCCOCCOC)c1C. The maximum Gasteiger partial charge on any atom is 0.261 e. The van der Waals surface area contributed by atoms with Gasteiger partial charge in [0.05, 0.1) is 59.5 Å². The van der Waals surface area contributed by atoms with Gasteiger partial charge >= 0.3 is 0 Å². The van der Waals surface area contributed by atoms with Gasteiger partial charge in [-0.1, -0.05) is 6.07 Å². The number of amides is 4. The molecule has 0 aromatic heterocycles. The Morgan fingerprint density at radius 3 is 2.05 bits per heavy atom. The molecule has 0 aliphatic carbocycles. The lowest BCUT2D eigenvalue weighted by Crippen LogP contribution is -2.48. The van der Waals surface area contributed by atoms with Crippen LogP contribution in [0.4, 0.5) is 0 Å². The molecule has 0 aliphatic rings. The van der Waals surface area contributed by atoms with E-state index in [4.69, 9.17) is 28.4 Å². The molecule has 0 aliphatic heterocycles. The van der Waals surface area contributed by atoms with E-state index in [2.05, 4.69) is 10.6 Å². The highest BCUT2D eigenvalue weighted by atomic mass is 16.6. The van der Waals surface area contributed by atoms with Crippen LogP contribution in [0.3, 0.4) is 0 Å². The van der Waals surface area contributed by atoms with Crippen LogP contribution in [0.15, 0.2) is 18.2 Å². The monoisotopic (exact) mass is 597 g/mol. The first kappa shape index (κ1) is 36.6. The van der Waals surface area contributed by atoms with Crippen LogP contribution in [0.2, 0.25) is 0 Å². The summed E-state index contributed by atoms with van der Waals surface area (Å²) in [7, 11) is 2.99. The number of methoxy groups -OCH3 is 1. The van der Waals surface area contributed by atoms with Crippen LogP contribution in [0.1, 0.15) is 28.8 Å². The van der Waals surface area contributed by atoms with Crippen LogP contribution in [0, 0.1) is 6.92 Å². The van der Waals surface area contributed by atoms with Crippen molar-refractivity contribution < 1.29 is 52.4 Å². The molecule has 14 nitrogen and oxygen atoms in total. The number of nitrogens with one attached hydrogen (secondary N) is 2. The summed E-state index contributed by atoms with van der Waals surface area (Å²) in [5.41, 5.74) is 0.506. The number of aldehydes is 1. The smallest absolute Gasteiger partial charge is 0.261 e. The second-order valence-corrected chi connectivity index (χ2v) is 8.70. The third-order valence-corrected chi connectivity index (χ3v) is 5.78. The van der Waals surface area contributed by atoms with Gasteiger partial charge in [0.15, 0.2) is 6.61 Å². The van der Waals surface area contributed by atoms with Crippen molar-refractivity contribution in [3.63, 3.8) is 0 Å². The van der Waals surface area contributed by atoms with E-state index in [0.717, 1.165) is 4.90 Å². The standard InChI is InChI=1S/C28H43N3O11/c1-22-23(28(36)31(21-33)24(7-5-10-32)27(35)29-2)6-4-8-25(22)42-20-26(34)30-9-11-38-14-15-40-18-19-41-17-16-39-13-12-37-3/h4,6,8,10,21,24H,5,7,9,11-20H2,1-3H3,(H,29,35)(H,30,34). The zero-order chi connectivity index (χ0) is 31.0. The topological polar surface area (TPSA) is 168 Å². The van der Waals surface area contributed by atoms with Crippen LogP contribution < -0.4 is 15.4 Å². The molecule has 1 aromatic carbocycles. The van der Waals surface area contributed by atoms with Gasteiger partial charge in [-0.25, -0.2) is 0 Å². The molecule has 1 atom stereocenters. The van der Waals surface area contributed by atoms with Gasteiger partial charge in [-0.05, 0) is 25.5 Å². The van der Waals surface area contributed by atoms with E-state index >= 15 is 0 Å². The third kappa shape index (κ3) is 14.5. The molecule has 2 N–H and O–H groups in total. The number of hydrogen-bond acceptors (Lipinski definition) is 11. The van der Waals surface area contributed by atoms with E-state index in [0.29, 0.717) is 64.7 Å². The minimum Gasteiger partial charge on any atom is -0.483 e. The summed E-state index contributed by atoms with van der Waals surface area (Å²) in [4.78, 5) is 60.9. The number of ether oxygens (including phenoxy) is 6. The van der Waals surface area contributed by atoms with Gasteiger partial charge in [0.25, 0.3) is 11.8 Å². The molecule has 1 rings (SSSR count). The first-order valence-corrected chi connectivity index (χ1v) is 13.6. The molecule has 14 heteroatoms. The number of hydrogen-bond donors (Lipinski definition) is 2. The molecular weight excluding hydrogens is 554 g/mol. The number of imide groups is 1. The van der Waals surface area contributed by atoms with Gasteiger partial charge in [-0.15, -0.1) is 0 Å². The second kappa shape index (κ2) is 23.2. The average Bonchev–Trinajstić information content (AvgIpc) is 3.00. The van der Waals surface area contributed by atoms with Gasteiger partial charge in [-0.3, -0.25) is 24.1 Å². The molecule has 0 saturated heterocycles. The highest BCUT2D eigenvalue weighted by Crippen LogP contribution is 2.23. The van der Waals surface area contributed by atoms with Crippen LogP contribution >= 0.6 is 0 Å². The summed E-state index contributed by atoms with van der Waals surface area (Å²) in [6.07, 6.45) is 0.855. The molecule has 0 heterocycles. The van der Waals surface area contributed by atoms with E-state index in [1.807, 2.05) is 0 Å². The van der Waals surface area contributed by atoms with Crippen molar-refractivity contribution in [3.05, 3.63) is 29.3 Å². The Kier molecular flexibility index (Phi) is 20.2. The van der Waals surface area contributed by atoms with Crippen molar-refractivity contribution in [1.29, 1.82) is 0 Å². The van der Waals surface area contributed by atoms with Gasteiger partial charge in [0, 0.05) is 38.2 Å². The van der Waals surface area contributed by atoms with Crippen LogP contribution in [0.25, 0.3) is 0 Å². The lowest BCUT2D eigenvalue weighted by atomic mass is 10.0. The first-order valence-electron chi connectivity index (χ1n) is 13.6. The normalized spacial score (nSPS) is 11.4. The number of carbonyl (C=O) groups excluding carboxylic acids is 5. The number of rotatable bonds is 25. The quantitative estimate of drug-likeness (QED) is 0.114. The molecule has 0 radical (unpaired) electrons. The van der Waals surface area contributed by atoms with Gasteiger partial charge in [-0.2, -0.15) is 0 Å². The zero-order valence-electron chi connectivity index (χ0n) is 24.6. The Morgan fingerprint density at radius 2 is 1.50 bits per heavy atom. The summed E-state index contributed by atoms with van der Waals surface area (Å²) >= 11 is 0. The van der Waals surface area contributed by atoms with E-state index < -0.39 is 23.8 Å². The molecule has 1 aromatic rings. The minimum absolute atomic E-state index is 0.00567. The number of likely N-dealkylation sites (N-methyl/N-ethyl adjacent to an activating group) is 1. The maximum atomic E-state index is 13.1. The highest BCUT2D eigenvalue weighted by Gasteiger charge is 2.30. The average molecular weight is 598 g/mol. The Balaban J connectivity index is 2.36. The number of carbonyl (C=O) groups is 5. The number of benzene rings is 1. The minimum atomic E-state index is -1.15. The van der Waals surface area contributed by atoms with Crippen molar-refractivity contribution in [2.75, 3.05) is 86.8 Å². The van der Waals surface area contributed by atoms with Gasteiger partial charge in [0.2, 0.25) is 12.3 Å². The molecule has 1 unspecified atom stereocenters. The van der Waals surface area contributed by atoms with Crippen molar-refractivity contribution in [1.82, 2.24) is 15.5 Å². The van der Waals surface area contributed by atoms with Crippen LogP contribution in [0.5, 0.6) is 5.75 Å². The fraction of sp³-hybridized carbons (Fsp3) is 0.607. The Hall–Kier alpha value is -3.43. The predicted octanol–water partition coefficient (Wildman–Crippen LogP) is -0.105. The summed E-state index contributed by atoms with van der Waals surface area (Å²) in [5.74, 6) is -1.43. The Morgan fingerprint density at radius 1 is 0.905 bits per heavy atom. The van der Waals surface area contributed by atoms with Crippen molar-refractivity contribution in [2.45, 2.75) is 25.8 Å². The number of nitrogens with zero attached hydrogens (tertiary/aromatic N) is 1. The Labute approximate surface area is 246 Å². The summed E-state index contributed by atoms with van der Waals surface area (Å²) in [6.45, 7) is 5.55. The Bertz CT molecular complexity index is 961. The summed E-state index contributed by atoms with van der Waals surface area (Å²) in [5, 5.41) is 5.07. The zero-order valence-corrected chi connectivity index (χ0v) is 24.6. The van der Waals surface area contributed by atoms with Gasteiger partial charge in [0.1, 0.15) is 18.1 Å². The fourth-order valence-corrected chi connectivity index (χ4v) is 3.55. The lowest BCUT2D eigenvalue weighted by molar-refractivity contribution is -0.131. The van der Waals surface area contributed by atoms with Crippen molar-refractivity contribution >= 4 is 30.4 Å². The molecule has 236 valence electrons. The molecular formula is C28H43N3O11. The first-order chi connectivity index (χ1) is 20.4. The molecule has 0 saturated carbocycles. The summed E-state index contributed by atoms with van der Waals surface area (Å²) < 4.78 is 31.9.